The molecule has 0 bridgehead atoms. The van der Waals surface area contributed by atoms with Gasteiger partial charge in [-0.3, -0.25) is 0 Å². The summed E-state index contributed by atoms with van der Waals surface area (Å²) in [5.74, 6) is 5.29. The maximum atomic E-state index is 6.13. The Morgan fingerprint density at radius 2 is 0.744 bits per heavy atom. The highest BCUT2D eigenvalue weighted by Crippen LogP contribution is 2.50. The number of hydrogen-bond acceptors (Lipinski definition) is 9. The van der Waals surface area contributed by atoms with E-state index in [0.29, 0.717) is 39.6 Å². The maximum Gasteiger partial charge on any atom is 0.180 e. The van der Waals surface area contributed by atoms with Crippen molar-refractivity contribution in [2.24, 2.45) is 0 Å². The number of unbranched alkanes of at least 4 members (excludes halogenated alkanes) is 6. The molecule has 0 unspecified atom stereocenters. The molecule has 0 amide bonds. The zero-order chi connectivity index (χ0) is 29.4. The summed E-state index contributed by atoms with van der Waals surface area (Å²) in [5, 5.41) is 0. The second-order valence-corrected chi connectivity index (χ2v) is 14.3. The first kappa shape index (κ1) is 30.4. The van der Waals surface area contributed by atoms with Gasteiger partial charge in [-0.15, -0.1) is 34.0 Å². The Bertz CT molecular complexity index is 1320. The largest absolute Gasteiger partial charge is 0.485 e. The van der Waals surface area contributed by atoms with E-state index in [0.717, 1.165) is 66.8 Å². The van der Waals surface area contributed by atoms with Gasteiger partial charge in [-0.2, -0.15) is 0 Å². The van der Waals surface area contributed by atoms with Gasteiger partial charge in [0.15, 0.2) is 34.5 Å². The monoisotopic (exact) mass is 642 g/mol. The molecule has 3 aliphatic rings. The van der Waals surface area contributed by atoms with Gasteiger partial charge in [-0.25, -0.2) is 0 Å². The van der Waals surface area contributed by atoms with Crippen LogP contribution in [0.25, 0.3) is 24.3 Å². The lowest BCUT2D eigenvalue weighted by Gasteiger charge is -2.17. The van der Waals surface area contributed by atoms with Gasteiger partial charge in [0.1, 0.15) is 39.6 Å². The molecular formula is C34H42O6S3. The van der Waals surface area contributed by atoms with Crippen LogP contribution in [0.5, 0.6) is 34.5 Å². The average Bonchev–Trinajstić information content (AvgIpc) is 3.71. The lowest BCUT2D eigenvalue weighted by atomic mass is 10.1. The van der Waals surface area contributed by atoms with Crippen LogP contribution < -0.4 is 28.4 Å². The smallest absolute Gasteiger partial charge is 0.180 e. The molecule has 3 aromatic heterocycles. The van der Waals surface area contributed by atoms with Gasteiger partial charge >= 0.3 is 0 Å². The summed E-state index contributed by atoms with van der Waals surface area (Å²) < 4.78 is 36.6. The second kappa shape index (κ2) is 14.9. The summed E-state index contributed by atoms with van der Waals surface area (Å²) in [6.45, 7) is 7.98. The van der Waals surface area contributed by atoms with Crippen molar-refractivity contribution < 1.29 is 28.4 Å². The van der Waals surface area contributed by atoms with Crippen molar-refractivity contribution in [1.82, 2.24) is 0 Å². The van der Waals surface area contributed by atoms with Crippen LogP contribution >= 0.6 is 34.0 Å². The number of thiophene rings is 3. The van der Waals surface area contributed by atoms with Crippen LogP contribution in [0.2, 0.25) is 0 Å². The van der Waals surface area contributed by atoms with Gasteiger partial charge in [0.25, 0.3) is 0 Å². The minimum absolute atomic E-state index is 0.548. The highest BCUT2D eigenvalue weighted by Gasteiger charge is 2.26. The average molecular weight is 643 g/mol. The molecule has 0 aliphatic carbocycles. The van der Waals surface area contributed by atoms with E-state index < -0.39 is 0 Å². The van der Waals surface area contributed by atoms with Crippen LogP contribution in [0, 0.1) is 0 Å². The van der Waals surface area contributed by atoms with Crippen molar-refractivity contribution >= 4 is 58.3 Å². The Hall–Kier alpha value is -2.62. The van der Waals surface area contributed by atoms with E-state index in [1.54, 1.807) is 34.0 Å². The number of ether oxygens (including phenoxy) is 6. The lowest BCUT2D eigenvalue weighted by Crippen LogP contribution is -2.15. The molecule has 43 heavy (non-hydrogen) atoms. The van der Waals surface area contributed by atoms with Crippen molar-refractivity contribution in [3.63, 3.8) is 0 Å². The van der Waals surface area contributed by atoms with E-state index in [2.05, 4.69) is 38.2 Å². The molecule has 3 aliphatic heterocycles. The van der Waals surface area contributed by atoms with Crippen molar-refractivity contribution in [3.8, 4) is 34.5 Å². The minimum Gasteiger partial charge on any atom is -0.485 e. The van der Waals surface area contributed by atoms with Gasteiger partial charge in [-0.1, -0.05) is 52.4 Å². The van der Waals surface area contributed by atoms with E-state index in [9.17, 15) is 0 Å². The van der Waals surface area contributed by atoms with Crippen molar-refractivity contribution in [2.75, 3.05) is 39.6 Å². The molecule has 0 aromatic carbocycles. The molecule has 232 valence electrons. The number of hydrogen-bond donors (Lipinski definition) is 0. The van der Waals surface area contributed by atoms with Crippen LogP contribution in [0.1, 0.15) is 94.5 Å². The minimum atomic E-state index is 0.548. The fraction of sp³-hybridized carbons (Fsp3) is 0.529. The zero-order valence-electron chi connectivity index (χ0n) is 25.3. The van der Waals surface area contributed by atoms with E-state index in [-0.39, 0.29) is 0 Å². The molecule has 0 N–H and O–H groups in total. The Morgan fingerprint density at radius 3 is 1.12 bits per heavy atom. The van der Waals surface area contributed by atoms with E-state index >= 15 is 0 Å². The van der Waals surface area contributed by atoms with E-state index in [4.69, 9.17) is 28.4 Å². The lowest BCUT2D eigenvalue weighted by molar-refractivity contribution is 0.171. The summed E-state index contributed by atoms with van der Waals surface area (Å²) in [6.07, 6.45) is 20.5. The summed E-state index contributed by atoms with van der Waals surface area (Å²) in [5.41, 5.74) is 0. The number of rotatable bonds is 14. The van der Waals surface area contributed by atoms with Crippen molar-refractivity contribution in [3.05, 3.63) is 29.3 Å². The highest BCUT2D eigenvalue weighted by molar-refractivity contribution is 7.15. The maximum absolute atomic E-state index is 6.13. The van der Waals surface area contributed by atoms with E-state index in [1.807, 2.05) is 0 Å². The van der Waals surface area contributed by atoms with Gasteiger partial charge in [0, 0.05) is 0 Å². The number of fused-ring (bicyclic) bond motifs is 3. The summed E-state index contributed by atoms with van der Waals surface area (Å²) in [7, 11) is 0. The first-order chi connectivity index (χ1) is 21.3. The second-order valence-electron chi connectivity index (χ2n) is 11.0. The molecular weight excluding hydrogens is 601 g/mol. The summed E-state index contributed by atoms with van der Waals surface area (Å²) >= 11 is 5.25. The normalized spacial score (nSPS) is 15.6. The molecule has 9 heteroatoms. The Kier molecular flexibility index (Phi) is 10.5. The van der Waals surface area contributed by atoms with Gasteiger partial charge in [-0.05, 0) is 50.0 Å². The molecule has 6 heterocycles. The third kappa shape index (κ3) is 7.04. The molecule has 3 aromatic rings. The molecule has 0 spiro atoms. The van der Waals surface area contributed by atoms with Crippen molar-refractivity contribution in [1.29, 1.82) is 0 Å². The zero-order valence-corrected chi connectivity index (χ0v) is 27.7. The van der Waals surface area contributed by atoms with Gasteiger partial charge in [0.05, 0.1) is 29.3 Å². The third-order valence-corrected chi connectivity index (χ3v) is 11.2. The van der Waals surface area contributed by atoms with Crippen LogP contribution in [-0.2, 0) is 12.8 Å². The molecule has 0 radical (unpaired) electrons. The first-order valence-electron chi connectivity index (χ1n) is 15.9. The first-order valence-corrected chi connectivity index (χ1v) is 18.3. The standard InChI is InChI=1S/C34H42O6S3/c1-3-5-7-9-11-23-29-31(37-19-17-35-29)25(41-23)13-15-27-33-34(40-22-21-39-33)28(43-27)16-14-26-32-30(36-18-20-38-32)24(42-26)12-10-8-6-4-2/h13-16H,3-12,17-22H2,1-2H3/b15-13+,16-14+. The predicted octanol–water partition coefficient (Wildman–Crippen LogP) is 9.77. The fourth-order valence-corrected chi connectivity index (χ4v) is 8.83. The third-order valence-electron chi connectivity index (χ3n) is 7.72. The van der Waals surface area contributed by atoms with Crippen LogP contribution in [0.15, 0.2) is 0 Å². The highest BCUT2D eigenvalue weighted by atomic mass is 32.1. The predicted molar refractivity (Wildman–Crippen MR) is 179 cm³/mol. The number of aryl methyl sites for hydroxylation is 2. The molecule has 6 nitrogen and oxygen atoms in total. The van der Waals surface area contributed by atoms with Crippen LogP contribution in [0.4, 0.5) is 0 Å². The van der Waals surface area contributed by atoms with E-state index in [1.165, 1.54) is 61.1 Å². The Labute approximate surface area is 267 Å². The molecule has 0 saturated heterocycles. The van der Waals surface area contributed by atoms with Crippen LogP contribution in [0.3, 0.4) is 0 Å². The Balaban J connectivity index is 1.24. The van der Waals surface area contributed by atoms with Gasteiger partial charge < -0.3 is 28.4 Å². The van der Waals surface area contributed by atoms with Crippen LogP contribution in [-0.4, -0.2) is 39.6 Å². The summed E-state index contributed by atoms with van der Waals surface area (Å²) in [6, 6.07) is 0. The topological polar surface area (TPSA) is 55.4 Å². The quantitative estimate of drug-likeness (QED) is 0.163. The molecule has 0 saturated carbocycles. The molecule has 6 rings (SSSR count). The van der Waals surface area contributed by atoms with Crippen molar-refractivity contribution in [2.45, 2.75) is 78.1 Å². The van der Waals surface area contributed by atoms with Gasteiger partial charge in [0.2, 0.25) is 0 Å². The SMILES string of the molecule is CCCCCCc1sc(/C=C/c2sc(/C=C/c3sc(CCCCCC)c4c3OCCO4)c3c2OCCO3)c2c1OCCO2. The fourth-order valence-electron chi connectivity index (χ4n) is 5.56. The molecule has 0 fully saturated rings. The molecule has 0 atom stereocenters. The Morgan fingerprint density at radius 1 is 0.419 bits per heavy atom. The summed E-state index contributed by atoms with van der Waals surface area (Å²) in [4.78, 5) is 6.87.